The molecule has 0 unspecified atom stereocenters. The lowest BCUT2D eigenvalue weighted by atomic mass is 9.77. The molecule has 0 radical (unpaired) electrons. The van der Waals surface area contributed by atoms with Crippen LogP contribution in [0.4, 0.5) is 17.2 Å². The number of carbonyl (C=O) groups excluding carboxylic acids is 2. The van der Waals surface area contributed by atoms with E-state index in [1.165, 1.54) is 5.56 Å². The van der Waals surface area contributed by atoms with E-state index in [2.05, 4.69) is 145 Å². The summed E-state index contributed by atoms with van der Waals surface area (Å²) < 4.78 is 13.4. The molecule has 5 aliphatic rings. The number of fused-ring (bicyclic) bond motifs is 4. The molecule has 386 valence electrons. The number of aliphatic imine (C=N–C) groups is 3. The molecule has 2 atom stereocenters. The van der Waals surface area contributed by atoms with Crippen molar-refractivity contribution in [2.45, 2.75) is 50.9 Å². The zero-order valence-corrected chi connectivity index (χ0v) is 43.4. The molecule has 77 heavy (non-hydrogen) atoms. The van der Waals surface area contributed by atoms with Gasteiger partial charge in [0.1, 0.15) is 22.8 Å². The van der Waals surface area contributed by atoms with Crippen LogP contribution in [0.5, 0.6) is 0 Å². The number of carbonyl (C=O) groups is 2. The summed E-state index contributed by atoms with van der Waals surface area (Å²) in [6.07, 6.45) is 1.02. The third-order valence-electron chi connectivity index (χ3n) is 15.4. The van der Waals surface area contributed by atoms with Crippen molar-refractivity contribution in [2.24, 2.45) is 15.0 Å². The molecule has 0 aliphatic carbocycles. The number of hydrogen-bond donors (Lipinski definition) is 2. The first kappa shape index (κ1) is 49.4. The van der Waals surface area contributed by atoms with Crippen molar-refractivity contribution >= 4 is 57.2 Å². The summed E-state index contributed by atoms with van der Waals surface area (Å²) in [5.41, 5.74) is 13.0. The summed E-state index contributed by atoms with van der Waals surface area (Å²) in [7, 11) is 0. The van der Waals surface area contributed by atoms with Gasteiger partial charge in [-0.05, 0) is 76.6 Å². The number of benzene rings is 7. The number of hydrogen-bond acceptors (Lipinski definition) is 10. The number of nitrogens with zero attached hydrogens (tertiary/aromatic N) is 7. The molecule has 2 N–H and O–H groups in total. The molecule has 0 saturated carbocycles. The largest absolute Gasteiger partial charge is 0.378 e. The van der Waals surface area contributed by atoms with Crippen molar-refractivity contribution in [3.05, 3.63) is 226 Å². The van der Waals surface area contributed by atoms with Crippen LogP contribution in [0.15, 0.2) is 191 Å². The molecule has 8 aromatic rings. The summed E-state index contributed by atoms with van der Waals surface area (Å²) in [6, 6.07) is 60.3. The van der Waals surface area contributed by atoms with Crippen LogP contribution < -0.4 is 15.5 Å². The van der Waals surface area contributed by atoms with Gasteiger partial charge in [0.15, 0.2) is 5.82 Å². The number of aromatic nitrogens is 2. The van der Waals surface area contributed by atoms with E-state index in [0.29, 0.717) is 44.0 Å². The predicted molar refractivity (Wildman–Crippen MR) is 304 cm³/mol. The van der Waals surface area contributed by atoms with E-state index in [4.69, 9.17) is 24.6 Å². The van der Waals surface area contributed by atoms with Gasteiger partial charge in [0.2, 0.25) is 0 Å². The van der Waals surface area contributed by atoms with Gasteiger partial charge in [-0.1, -0.05) is 158 Å². The van der Waals surface area contributed by atoms with Gasteiger partial charge in [-0.15, -0.1) is 0 Å². The van der Waals surface area contributed by atoms with Gasteiger partial charge in [-0.25, -0.2) is 14.7 Å². The lowest BCUT2D eigenvalue weighted by Crippen LogP contribution is -2.40. The highest BCUT2D eigenvalue weighted by Gasteiger charge is 2.42. The Morgan fingerprint density at radius 1 is 0.532 bits per heavy atom. The summed E-state index contributed by atoms with van der Waals surface area (Å²) >= 11 is 0. The van der Waals surface area contributed by atoms with Gasteiger partial charge in [-0.2, -0.15) is 5.10 Å². The second-order valence-corrected chi connectivity index (χ2v) is 20.2. The predicted octanol–water partition coefficient (Wildman–Crippen LogP) is 10.0. The van der Waals surface area contributed by atoms with E-state index >= 15 is 0 Å². The molecule has 5 aliphatic heterocycles. The maximum atomic E-state index is 13.5. The number of morpholine rings is 2. The molecule has 13 rings (SSSR count). The van der Waals surface area contributed by atoms with Crippen LogP contribution in [0.1, 0.15) is 76.0 Å². The molecule has 0 bridgehead atoms. The summed E-state index contributed by atoms with van der Waals surface area (Å²) in [4.78, 5) is 45.2. The second-order valence-electron chi connectivity index (χ2n) is 20.2. The Kier molecular flexibility index (Phi) is 13.9. The number of anilines is 1. The third kappa shape index (κ3) is 9.73. The van der Waals surface area contributed by atoms with Crippen LogP contribution >= 0.6 is 0 Å². The molecule has 2 amide bonds. The number of amides is 2. The molecule has 0 spiro atoms. The van der Waals surface area contributed by atoms with Gasteiger partial charge in [0, 0.05) is 50.0 Å². The highest BCUT2D eigenvalue weighted by molar-refractivity contribution is 6.41. The molecular formula is C64H61N9O4. The van der Waals surface area contributed by atoms with Gasteiger partial charge >= 0.3 is 0 Å². The Hall–Kier alpha value is -8.52. The van der Waals surface area contributed by atoms with Crippen molar-refractivity contribution < 1.29 is 19.1 Å². The summed E-state index contributed by atoms with van der Waals surface area (Å²) in [5.74, 6) is 1.69. The van der Waals surface area contributed by atoms with Crippen molar-refractivity contribution in [1.29, 1.82) is 0 Å². The van der Waals surface area contributed by atoms with Crippen LogP contribution in [0.2, 0.25) is 0 Å². The molecule has 13 nitrogen and oxygen atoms in total. The highest BCUT2D eigenvalue weighted by Crippen LogP contribution is 2.46. The first-order chi connectivity index (χ1) is 37.8. The fourth-order valence-corrected chi connectivity index (χ4v) is 11.4. The van der Waals surface area contributed by atoms with Crippen molar-refractivity contribution in [1.82, 2.24) is 25.3 Å². The molecular weight excluding hydrogens is 959 g/mol. The van der Waals surface area contributed by atoms with E-state index in [1.54, 1.807) is 0 Å². The summed E-state index contributed by atoms with van der Waals surface area (Å²) in [5, 5.41) is 12.8. The SMILES string of the molecule is C[C@@H](NC(=O)C1=Nc2cc3c(N4CCOCC4)nn(C(c4ccccc4)(c4ccccc4)c4ccccc4)c3cc2C1)c1ccccc1.C[C@@H](NC(=O)C1=Nc2cc3c(cc2C1)CN=C3N1CCOCC1)c1ccccc1. The maximum Gasteiger partial charge on any atom is 0.266 e. The smallest absolute Gasteiger partial charge is 0.266 e. The number of rotatable bonds is 11. The van der Waals surface area contributed by atoms with Crippen LogP contribution in [-0.2, 0) is 44.0 Å². The lowest BCUT2D eigenvalue weighted by Gasteiger charge is -2.37. The number of nitrogens with one attached hydrogen (secondary N) is 2. The van der Waals surface area contributed by atoms with E-state index in [0.717, 1.165) is 118 Å². The topological polar surface area (TPSA) is 138 Å². The van der Waals surface area contributed by atoms with Gasteiger partial charge in [0.05, 0.1) is 61.9 Å². The fraction of sp³-hybridized carbons (Fsp3) is 0.250. The minimum absolute atomic E-state index is 0.0554. The maximum absolute atomic E-state index is 13.5. The Bertz CT molecular complexity index is 3440. The van der Waals surface area contributed by atoms with E-state index in [-0.39, 0.29) is 23.9 Å². The fourth-order valence-electron chi connectivity index (χ4n) is 11.4. The first-order valence-corrected chi connectivity index (χ1v) is 26.8. The molecule has 13 heteroatoms. The molecule has 2 fully saturated rings. The standard InChI is InChI=1S/C41H37N5O2.C23H24N4O2/c1-29(30-14-6-2-7-15-30)42-40(47)37-26-31-27-38-35(28-36(31)43-37)39(45-22-24-48-25-23-45)44-46(38)41(32-16-8-3-9-17-32,33-18-10-4-11-19-33)34-20-12-5-13-21-34;1-15(16-5-3-2-4-6-16)25-23(28)21-12-17-11-18-14-24-22(19(18)13-20(17)26-21)27-7-9-29-10-8-27/h2-21,27-29H,22-26H2,1H3,(H,42,47);2-6,11,13,15H,7-10,12,14H2,1H3,(H,25,28)/t29-;15-/m11/s1. The van der Waals surface area contributed by atoms with Gasteiger partial charge in [-0.3, -0.25) is 14.6 Å². The van der Waals surface area contributed by atoms with Gasteiger partial charge in [0.25, 0.3) is 11.8 Å². The molecule has 2 saturated heterocycles. The highest BCUT2D eigenvalue weighted by atomic mass is 16.5. The second kappa shape index (κ2) is 21.6. The normalized spacial score (nSPS) is 16.5. The zero-order valence-electron chi connectivity index (χ0n) is 43.4. The van der Waals surface area contributed by atoms with E-state index in [1.807, 2.05) is 74.5 Å². The zero-order chi connectivity index (χ0) is 52.3. The molecule has 1 aromatic heterocycles. The Morgan fingerprint density at radius 3 is 1.47 bits per heavy atom. The average molecular weight is 1020 g/mol. The van der Waals surface area contributed by atoms with Crippen LogP contribution in [0.3, 0.4) is 0 Å². The minimum atomic E-state index is -0.786. The number of amidine groups is 1. The Labute approximate surface area is 449 Å². The minimum Gasteiger partial charge on any atom is -0.378 e. The Morgan fingerprint density at radius 2 is 0.974 bits per heavy atom. The van der Waals surface area contributed by atoms with Crippen LogP contribution in [-0.4, -0.2) is 96.4 Å². The summed E-state index contributed by atoms with van der Waals surface area (Å²) in [6.45, 7) is 10.7. The van der Waals surface area contributed by atoms with Crippen molar-refractivity contribution in [3.8, 4) is 0 Å². The van der Waals surface area contributed by atoms with Crippen molar-refractivity contribution in [2.75, 3.05) is 57.5 Å². The van der Waals surface area contributed by atoms with E-state index < -0.39 is 5.54 Å². The number of ether oxygens (including phenoxy) is 2. The van der Waals surface area contributed by atoms with Crippen LogP contribution in [0, 0.1) is 0 Å². The quantitative estimate of drug-likeness (QED) is 0.123. The molecule has 6 heterocycles. The van der Waals surface area contributed by atoms with Crippen molar-refractivity contribution in [3.63, 3.8) is 0 Å². The monoisotopic (exact) mass is 1020 g/mol. The van der Waals surface area contributed by atoms with Gasteiger partial charge < -0.3 is 29.9 Å². The Balaban J connectivity index is 0.000000175. The van der Waals surface area contributed by atoms with Crippen LogP contribution in [0.25, 0.3) is 10.9 Å². The lowest BCUT2D eigenvalue weighted by molar-refractivity contribution is -0.116. The third-order valence-corrected chi connectivity index (χ3v) is 15.4. The first-order valence-electron chi connectivity index (χ1n) is 26.8. The van der Waals surface area contributed by atoms with E-state index in [9.17, 15) is 9.59 Å². The average Bonchev–Trinajstić information content (AvgIpc) is 4.47. The molecule has 7 aromatic carbocycles.